The molecule has 1 amide bonds. The van der Waals surface area contributed by atoms with Crippen LogP contribution in [0.5, 0.6) is 5.75 Å². The molecule has 5 N–H and O–H groups in total. The SMILES string of the molecule is O=C(NO)c1ccc2c(c1)CCCC2NC(O)c1cc2cc(O)ccc2o1. The number of fused-ring (bicyclic) bond motifs is 2. The number of rotatable bonds is 4. The number of hydrogen-bond acceptors (Lipinski definition) is 6. The van der Waals surface area contributed by atoms with Gasteiger partial charge in [0, 0.05) is 17.0 Å². The lowest BCUT2D eigenvalue weighted by Crippen LogP contribution is -2.29. The third-order valence-corrected chi connectivity index (χ3v) is 4.97. The minimum absolute atomic E-state index is 0.0865. The zero-order valence-corrected chi connectivity index (χ0v) is 14.5. The average molecular weight is 368 g/mol. The highest BCUT2D eigenvalue weighted by molar-refractivity contribution is 5.93. The van der Waals surface area contributed by atoms with Gasteiger partial charge in [-0.05, 0) is 66.8 Å². The Morgan fingerprint density at radius 1 is 1.19 bits per heavy atom. The number of nitrogens with one attached hydrogen (secondary N) is 2. The van der Waals surface area contributed by atoms with Gasteiger partial charge in [0.1, 0.15) is 17.1 Å². The quantitative estimate of drug-likeness (QED) is 0.275. The number of aliphatic hydroxyl groups excluding tert-OH is 1. The highest BCUT2D eigenvalue weighted by atomic mass is 16.5. The molecule has 0 fully saturated rings. The second-order valence-electron chi connectivity index (χ2n) is 6.74. The molecule has 140 valence electrons. The van der Waals surface area contributed by atoms with E-state index in [-0.39, 0.29) is 11.8 Å². The van der Waals surface area contributed by atoms with Crippen LogP contribution in [0.2, 0.25) is 0 Å². The highest BCUT2D eigenvalue weighted by Gasteiger charge is 2.25. The van der Waals surface area contributed by atoms with Crippen molar-refractivity contribution in [3.05, 3.63) is 64.9 Å². The first-order chi connectivity index (χ1) is 13.0. The third kappa shape index (κ3) is 3.40. The molecule has 2 aromatic carbocycles. The predicted molar refractivity (Wildman–Crippen MR) is 97.3 cm³/mol. The summed E-state index contributed by atoms with van der Waals surface area (Å²) in [5.74, 6) is -0.0290. The molecule has 1 heterocycles. The predicted octanol–water partition coefficient (Wildman–Crippen LogP) is 2.92. The molecule has 0 radical (unpaired) electrons. The molecule has 0 saturated carbocycles. The first kappa shape index (κ1) is 17.5. The summed E-state index contributed by atoms with van der Waals surface area (Å²) in [5.41, 5.74) is 4.67. The van der Waals surface area contributed by atoms with E-state index in [0.717, 1.165) is 35.8 Å². The molecule has 0 saturated heterocycles. The van der Waals surface area contributed by atoms with Crippen molar-refractivity contribution in [1.29, 1.82) is 0 Å². The van der Waals surface area contributed by atoms with E-state index in [9.17, 15) is 15.0 Å². The largest absolute Gasteiger partial charge is 0.508 e. The number of phenolic OH excluding ortho intramolecular Hbond substituents is 1. The fourth-order valence-electron chi connectivity index (χ4n) is 3.65. The molecule has 1 aromatic heterocycles. The fourth-order valence-corrected chi connectivity index (χ4v) is 3.65. The van der Waals surface area contributed by atoms with Crippen molar-refractivity contribution in [2.45, 2.75) is 31.5 Å². The van der Waals surface area contributed by atoms with E-state index < -0.39 is 12.1 Å². The van der Waals surface area contributed by atoms with E-state index in [4.69, 9.17) is 9.62 Å². The summed E-state index contributed by atoms with van der Waals surface area (Å²) in [6, 6.07) is 11.7. The van der Waals surface area contributed by atoms with E-state index in [2.05, 4.69) is 5.32 Å². The summed E-state index contributed by atoms with van der Waals surface area (Å²) < 4.78 is 5.68. The van der Waals surface area contributed by atoms with Crippen molar-refractivity contribution in [3.63, 3.8) is 0 Å². The van der Waals surface area contributed by atoms with Crippen LogP contribution in [0.4, 0.5) is 0 Å². The zero-order valence-electron chi connectivity index (χ0n) is 14.5. The smallest absolute Gasteiger partial charge is 0.274 e. The number of carbonyl (C=O) groups excluding carboxylic acids is 1. The van der Waals surface area contributed by atoms with Gasteiger partial charge in [-0.1, -0.05) is 6.07 Å². The van der Waals surface area contributed by atoms with Crippen molar-refractivity contribution in [2.24, 2.45) is 0 Å². The number of furan rings is 1. The molecule has 1 aliphatic rings. The normalized spacial score (nSPS) is 17.5. The van der Waals surface area contributed by atoms with Crippen LogP contribution >= 0.6 is 0 Å². The topological polar surface area (TPSA) is 115 Å². The first-order valence-corrected chi connectivity index (χ1v) is 8.79. The van der Waals surface area contributed by atoms with Crippen LogP contribution in [-0.2, 0) is 6.42 Å². The number of hydroxylamine groups is 1. The standard InChI is InChI=1S/C20H20N2O5/c23-14-5-7-17-13(9-14)10-18(27-17)20(25)21-16-3-1-2-11-8-12(19(24)22-26)4-6-15(11)16/h4-10,16,20-21,23,25-26H,1-3H2,(H,22,24). The van der Waals surface area contributed by atoms with Gasteiger partial charge in [-0.15, -0.1) is 0 Å². The lowest BCUT2D eigenvalue weighted by atomic mass is 9.86. The maximum Gasteiger partial charge on any atom is 0.274 e. The number of aromatic hydroxyl groups is 1. The Labute approximate surface area is 155 Å². The molecule has 4 rings (SSSR count). The number of phenols is 1. The Morgan fingerprint density at radius 2 is 2.04 bits per heavy atom. The van der Waals surface area contributed by atoms with E-state index >= 15 is 0 Å². The number of aryl methyl sites for hydroxylation is 1. The maximum atomic E-state index is 11.6. The van der Waals surface area contributed by atoms with Gasteiger partial charge in [0.2, 0.25) is 0 Å². The van der Waals surface area contributed by atoms with Crippen LogP contribution in [0, 0.1) is 0 Å². The summed E-state index contributed by atoms with van der Waals surface area (Å²) in [5, 5.41) is 32.8. The van der Waals surface area contributed by atoms with Crippen molar-refractivity contribution < 1.29 is 24.6 Å². The molecule has 2 unspecified atom stereocenters. The van der Waals surface area contributed by atoms with Crippen molar-refractivity contribution in [2.75, 3.05) is 0 Å². The number of aliphatic hydroxyl groups is 1. The van der Waals surface area contributed by atoms with Crippen molar-refractivity contribution in [1.82, 2.24) is 10.8 Å². The van der Waals surface area contributed by atoms with Gasteiger partial charge in [0.15, 0.2) is 6.23 Å². The second kappa shape index (κ2) is 7.03. The lowest BCUT2D eigenvalue weighted by Gasteiger charge is -2.28. The second-order valence-corrected chi connectivity index (χ2v) is 6.74. The molecule has 27 heavy (non-hydrogen) atoms. The van der Waals surface area contributed by atoms with E-state index in [0.29, 0.717) is 16.9 Å². The molecule has 0 bridgehead atoms. The molecular formula is C20H20N2O5. The van der Waals surface area contributed by atoms with Gasteiger partial charge >= 0.3 is 0 Å². The average Bonchev–Trinajstić information content (AvgIpc) is 3.10. The van der Waals surface area contributed by atoms with Gasteiger partial charge in [-0.2, -0.15) is 0 Å². The van der Waals surface area contributed by atoms with Gasteiger partial charge in [0.25, 0.3) is 5.91 Å². The van der Waals surface area contributed by atoms with E-state index in [1.807, 2.05) is 6.07 Å². The molecule has 0 spiro atoms. The third-order valence-electron chi connectivity index (χ3n) is 4.97. The molecule has 2 atom stereocenters. The summed E-state index contributed by atoms with van der Waals surface area (Å²) >= 11 is 0. The van der Waals surface area contributed by atoms with Crippen molar-refractivity contribution >= 4 is 16.9 Å². The van der Waals surface area contributed by atoms with Gasteiger partial charge in [-0.25, -0.2) is 5.48 Å². The Balaban J connectivity index is 1.56. The zero-order chi connectivity index (χ0) is 19.0. The van der Waals surface area contributed by atoms with E-state index in [1.165, 1.54) is 6.07 Å². The number of carbonyl (C=O) groups is 1. The van der Waals surface area contributed by atoms with Gasteiger partial charge in [-0.3, -0.25) is 15.3 Å². The van der Waals surface area contributed by atoms with Crippen LogP contribution in [0.3, 0.4) is 0 Å². The minimum atomic E-state index is -1.00. The summed E-state index contributed by atoms with van der Waals surface area (Å²) in [6.07, 6.45) is 1.59. The highest BCUT2D eigenvalue weighted by Crippen LogP contribution is 2.33. The molecule has 1 aliphatic carbocycles. The Kier molecular flexibility index (Phi) is 4.57. The minimum Gasteiger partial charge on any atom is -0.508 e. The summed E-state index contributed by atoms with van der Waals surface area (Å²) in [7, 11) is 0. The first-order valence-electron chi connectivity index (χ1n) is 8.79. The molecule has 7 heteroatoms. The fraction of sp³-hybridized carbons (Fsp3) is 0.250. The Hall–Kier alpha value is -2.87. The molecular weight excluding hydrogens is 348 g/mol. The number of benzene rings is 2. The number of amides is 1. The molecule has 3 aromatic rings. The summed E-state index contributed by atoms with van der Waals surface area (Å²) in [4.78, 5) is 11.6. The number of hydrogen-bond donors (Lipinski definition) is 5. The monoisotopic (exact) mass is 368 g/mol. The van der Waals surface area contributed by atoms with Crippen LogP contribution in [0.1, 0.15) is 52.4 Å². The van der Waals surface area contributed by atoms with Gasteiger partial charge < -0.3 is 14.6 Å². The molecule has 7 nitrogen and oxygen atoms in total. The van der Waals surface area contributed by atoms with Gasteiger partial charge in [0.05, 0.1) is 0 Å². The summed E-state index contributed by atoms with van der Waals surface area (Å²) in [6.45, 7) is 0. The Morgan fingerprint density at radius 3 is 2.85 bits per heavy atom. The van der Waals surface area contributed by atoms with E-state index in [1.54, 1.807) is 35.8 Å². The van der Waals surface area contributed by atoms with Crippen molar-refractivity contribution in [3.8, 4) is 5.75 Å². The molecule has 0 aliphatic heterocycles. The lowest BCUT2D eigenvalue weighted by molar-refractivity contribution is 0.0706. The van der Waals surface area contributed by atoms with Crippen LogP contribution < -0.4 is 10.8 Å². The Bertz CT molecular complexity index is 997. The maximum absolute atomic E-state index is 11.6. The van der Waals surface area contributed by atoms with Crippen LogP contribution in [0.15, 0.2) is 46.9 Å². The van der Waals surface area contributed by atoms with Crippen LogP contribution in [-0.4, -0.2) is 21.3 Å². The van der Waals surface area contributed by atoms with Crippen LogP contribution in [0.25, 0.3) is 11.0 Å².